The van der Waals surface area contributed by atoms with Crippen LogP contribution in [0.5, 0.6) is 0 Å². The van der Waals surface area contributed by atoms with Crippen molar-refractivity contribution in [3.63, 3.8) is 0 Å². The van der Waals surface area contributed by atoms with Crippen molar-refractivity contribution in [3.8, 4) is 11.3 Å². The van der Waals surface area contributed by atoms with E-state index in [2.05, 4.69) is 36.7 Å². The van der Waals surface area contributed by atoms with Gasteiger partial charge in [0.2, 0.25) is 0 Å². The number of likely N-dealkylation sites (N-methyl/N-ethyl adjacent to an activating group) is 1. The Morgan fingerprint density at radius 3 is 2.60 bits per heavy atom. The lowest BCUT2D eigenvalue weighted by Gasteiger charge is -2.32. The Hall–Kier alpha value is -1.23. The van der Waals surface area contributed by atoms with Crippen LogP contribution in [0, 0.1) is 0 Å². The minimum Gasteiger partial charge on any atom is -0.377 e. The van der Waals surface area contributed by atoms with Crippen molar-refractivity contribution in [1.29, 1.82) is 0 Å². The number of nitrogens with one attached hydrogen (secondary N) is 1. The molecule has 0 radical (unpaired) electrons. The smallest absolute Gasteiger partial charge is 0.0949 e. The number of hydrogen-bond donors (Lipinski definition) is 1. The molecular formula is C16H22N2OS. The van der Waals surface area contributed by atoms with E-state index in [1.165, 1.54) is 5.56 Å². The van der Waals surface area contributed by atoms with E-state index in [0.717, 1.165) is 17.1 Å². The van der Waals surface area contributed by atoms with Gasteiger partial charge in [-0.25, -0.2) is 4.98 Å². The van der Waals surface area contributed by atoms with Crippen LogP contribution in [-0.4, -0.2) is 30.8 Å². The standard InChI is InChI=1S/C16H22N2OS/c1-16(2,19-4)14(17-3)10-15-18-13(11-20-15)12-8-6-5-7-9-12/h5-9,11,14,17H,10H2,1-4H3. The van der Waals surface area contributed by atoms with Gasteiger partial charge >= 0.3 is 0 Å². The first-order valence-electron chi connectivity index (χ1n) is 6.79. The molecule has 1 N–H and O–H groups in total. The van der Waals surface area contributed by atoms with Gasteiger partial charge in [0.15, 0.2) is 0 Å². The molecule has 2 aromatic rings. The zero-order chi connectivity index (χ0) is 14.6. The molecule has 4 heteroatoms. The lowest BCUT2D eigenvalue weighted by atomic mass is 9.96. The monoisotopic (exact) mass is 290 g/mol. The quantitative estimate of drug-likeness (QED) is 0.885. The van der Waals surface area contributed by atoms with Crippen LogP contribution in [0.1, 0.15) is 18.9 Å². The molecule has 0 bridgehead atoms. The highest BCUT2D eigenvalue weighted by atomic mass is 32.1. The van der Waals surface area contributed by atoms with Crippen molar-refractivity contribution < 1.29 is 4.74 Å². The molecule has 0 saturated heterocycles. The first kappa shape index (κ1) is 15.2. The van der Waals surface area contributed by atoms with Crippen LogP contribution in [0.2, 0.25) is 0 Å². The Morgan fingerprint density at radius 1 is 1.30 bits per heavy atom. The van der Waals surface area contributed by atoms with Crippen molar-refractivity contribution in [3.05, 3.63) is 40.7 Å². The van der Waals surface area contributed by atoms with Gasteiger partial charge in [-0.1, -0.05) is 30.3 Å². The first-order chi connectivity index (χ1) is 9.56. The predicted molar refractivity (Wildman–Crippen MR) is 85.2 cm³/mol. The topological polar surface area (TPSA) is 34.2 Å². The van der Waals surface area contributed by atoms with Gasteiger partial charge in [-0.3, -0.25) is 0 Å². The van der Waals surface area contributed by atoms with E-state index in [-0.39, 0.29) is 11.6 Å². The molecule has 0 fully saturated rings. The van der Waals surface area contributed by atoms with E-state index in [9.17, 15) is 0 Å². The summed E-state index contributed by atoms with van der Waals surface area (Å²) in [6.07, 6.45) is 0.870. The summed E-state index contributed by atoms with van der Waals surface area (Å²) >= 11 is 1.71. The maximum absolute atomic E-state index is 5.57. The maximum Gasteiger partial charge on any atom is 0.0949 e. The second kappa shape index (κ2) is 6.48. The number of thiazole rings is 1. The Bertz CT molecular complexity index is 536. The highest BCUT2D eigenvalue weighted by Crippen LogP contribution is 2.24. The Balaban J connectivity index is 2.13. The molecule has 20 heavy (non-hydrogen) atoms. The van der Waals surface area contributed by atoms with Gasteiger partial charge in [0.1, 0.15) is 0 Å². The van der Waals surface area contributed by atoms with Gasteiger partial charge < -0.3 is 10.1 Å². The minimum atomic E-state index is -0.215. The molecule has 0 aliphatic rings. The van der Waals surface area contributed by atoms with Gasteiger partial charge in [0.05, 0.1) is 16.3 Å². The summed E-state index contributed by atoms with van der Waals surface area (Å²) in [5.41, 5.74) is 2.01. The molecule has 2 rings (SSSR count). The molecule has 1 unspecified atom stereocenters. The molecule has 0 spiro atoms. The van der Waals surface area contributed by atoms with Gasteiger partial charge in [0, 0.05) is 30.5 Å². The second-order valence-corrected chi connectivity index (χ2v) is 6.29. The van der Waals surface area contributed by atoms with Crippen LogP contribution < -0.4 is 5.32 Å². The van der Waals surface area contributed by atoms with Crippen LogP contribution in [0.25, 0.3) is 11.3 Å². The van der Waals surface area contributed by atoms with Crippen molar-refractivity contribution in [2.45, 2.75) is 31.9 Å². The summed E-state index contributed by atoms with van der Waals surface area (Å²) in [5, 5.41) is 6.59. The molecule has 108 valence electrons. The number of nitrogens with zero attached hydrogens (tertiary/aromatic N) is 1. The third kappa shape index (κ3) is 3.45. The molecule has 0 amide bonds. The molecule has 1 atom stereocenters. The fraction of sp³-hybridized carbons (Fsp3) is 0.438. The van der Waals surface area contributed by atoms with E-state index in [1.54, 1.807) is 18.4 Å². The molecule has 0 aliphatic carbocycles. The van der Waals surface area contributed by atoms with Crippen LogP contribution in [0.3, 0.4) is 0 Å². The number of rotatable bonds is 6. The fourth-order valence-electron chi connectivity index (χ4n) is 2.16. The summed E-state index contributed by atoms with van der Waals surface area (Å²) in [4.78, 5) is 4.74. The Labute approximate surface area is 125 Å². The number of ether oxygens (including phenoxy) is 1. The van der Waals surface area contributed by atoms with E-state index in [0.29, 0.717) is 0 Å². The highest BCUT2D eigenvalue weighted by Gasteiger charge is 2.28. The second-order valence-electron chi connectivity index (χ2n) is 5.35. The van der Waals surface area contributed by atoms with E-state index in [1.807, 2.05) is 25.2 Å². The van der Waals surface area contributed by atoms with Crippen LogP contribution in [-0.2, 0) is 11.2 Å². The summed E-state index contributed by atoms with van der Waals surface area (Å²) in [6, 6.07) is 10.5. The van der Waals surface area contributed by atoms with Gasteiger partial charge in [0.25, 0.3) is 0 Å². The number of benzene rings is 1. The summed E-state index contributed by atoms with van der Waals surface area (Å²) in [5.74, 6) is 0. The van der Waals surface area contributed by atoms with Crippen molar-refractivity contribution in [2.75, 3.05) is 14.2 Å². The fourth-order valence-corrected chi connectivity index (χ4v) is 3.01. The molecule has 0 saturated carbocycles. The predicted octanol–water partition coefficient (Wildman–Crippen LogP) is 3.37. The van der Waals surface area contributed by atoms with E-state index in [4.69, 9.17) is 9.72 Å². The molecule has 0 aliphatic heterocycles. The first-order valence-corrected chi connectivity index (χ1v) is 7.67. The van der Waals surface area contributed by atoms with E-state index < -0.39 is 0 Å². The molecule has 1 aromatic carbocycles. The van der Waals surface area contributed by atoms with Crippen molar-refractivity contribution >= 4 is 11.3 Å². The highest BCUT2D eigenvalue weighted by molar-refractivity contribution is 7.09. The average molecular weight is 290 g/mol. The minimum absolute atomic E-state index is 0.215. The molecule has 3 nitrogen and oxygen atoms in total. The zero-order valence-electron chi connectivity index (χ0n) is 12.5. The average Bonchev–Trinajstić information content (AvgIpc) is 2.94. The normalized spacial score (nSPS) is 13.4. The maximum atomic E-state index is 5.57. The lowest BCUT2D eigenvalue weighted by Crippen LogP contribution is -2.48. The van der Waals surface area contributed by atoms with Crippen LogP contribution >= 0.6 is 11.3 Å². The van der Waals surface area contributed by atoms with Gasteiger partial charge in [-0.05, 0) is 20.9 Å². The van der Waals surface area contributed by atoms with Gasteiger partial charge in [-0.15, -0.1) is 11.3 Å². The van der Waals surface area contributed by atoms with Crippen LogP contribution in [0.15, 0.2) is 35.7 Å². The van der Waals surface area contributed by atoms with Crippen molar-refractivity contribution in [2.24, 2.45) is 0 Å². The van der Waals surface area contributed by atoms with Gasteiger partial charge in [-0.2, -0.15) is 0 Å². The summed E-state index contributed by atoms with van der Waals surface area (Å²) in [6.45, 7) is 4.19. The Kier molecular flexibility index (Phi) is 4.91. The number of aromatic nitrogens is 1. The lowest BCUT2D eigenvalue weighted by molar-refractivity contribution is -0.00798. The molecule has 1 heterocycles. The molecular weight excluding hydrogens is 268 g/mol. The SMILES string of the molecule is CNC(Cc1nc(-c2ccccc2)cs1)C(C)(C)OC. The number of methoxy groups -OCH3 is 1. The van der Waals surface area contributed by atoms with Crippen molar-refractivity contribution in [1.82, 2.24) is 10.3 Å². The zero-order valence-corrected chi connectivity index (χ0v) is 13.3. The third-order valence-corrected chi connectivity index (χ3v) is 4.58. The van der Waals surface area contributed by atoms with E-state index >= 15 is 0 Å². The Morgan fingerprint density at radius 2 is 2.00 bits per heavy atom. The largest absolute Gasteiger partial charge is 0.377 e. The van der Waals surface area contributed by atoms with Crippen LogP contribution in [0.4, 0.5) is 0 Å². The summed E-state index contributed by atoms with van der Waals surface area (Å²) < 4.78 is 5.57. The molecule has 1 aromatic heterocycles. The third-order valence-electron chi connectivity index (χ3n) is 3.71. The number of hydrogen-bond acceptors (Lipinski definition) is 4. The summed E-state index contributed by atoms with van der Waals surface area (Å²) in [7, 11) is 3.72.